The van der Waals surface area contributed by atoms with Crippen molar-refractivity contribution in [3.63, 3.8) is 0 Å². The molecule has 0 aromatic heterocycles. The number of hydrogen-bond donors (Lipinski definition) is 0. The first-order chi connectivity index (χ1) is 6.86. The van der Waals surface area contributed by atoms with Gasteiger partial charge in [-0.1, -0.05) is 19.1 Å². The smallest absolute Gasteiger partial charge is 0.119 e. The SMILES string of the molecule is CCSCCOc1cccc(CCl)c1. The van der Waals surface area contributed by atoms with Gasteiger partial charge in [-0.3, -0.25) is 0 Å². The molecule has 0 heterocycles. The van der Waals surface area contributed by atoms with Crippen LogP contribution in [0.1, 0.15) is 12.5 Å². The van der Waals surface area contributed by atoms with Gasteiger partial charge in [-0.2, -0.15) is 11.8 Å². The van der Waals surface area contributed by atoms with Crippen LogP contribution in [0.2, 0.25) is 0 Å². The molecule has 0 bridgehead atoms. The number of benzene rings is 1. The molecular weight excluding hydrogens is 216 g/mol. The molecule has 0 unspecified atom stereocenters. The third kappa shape index (κ3) is 4.25. The Balaban J connectivity index is 2.34. The highest BCUT2D eigenvalue weighted by molar-refractivity contribution is 7.99. The number of alkyl halides is 1. The first-order valence-electron chi connectivity index (χ1n) is 4.72. The predicted octanol–water partition coefficient (Wildman–Crippen LogP) is 3.56. The summed E-state index contributed by atoms with van der Waals surface area (Å²) >= 11 is 7.61. The van der Waals surface area contributed by atoms with Crippen LogP contribution in [0.3, 0.4) is 0 Å². The van der Waals surface area contributed by atoms with Crippen molar-refractivity contribution in [1.29, 1.82) is 0 Å². The van der Waals surface area contributed by atoms with Crippen LogP contribution in [-0.4, -0.2) is 18.1 Å². The minimum absolute atomic E-state index is 0.543. The van der Waals surface area contributed by atoms with Gasteiger partial charge >= 0.3 is 0 Å². The highest BCUT2D eigenvalue weighted by Crippen LogP contribution is 2.15. The molecule has 0 aliphatic rings. The number of thioether (sulfide) groups is 1. The number of rotatable bonds is 6. The van der Waals surface area contributed by atoms with Gasteiger partial charge in [0.05, 0.1) is 6.61 Å². The van der Waals surface area contributed by atoms with E-state index >= 15 is 0 Å². The van der Waals surface area contributed by atoms with Crippen LogP contribution in [-0.2, 0) is 5.88 Å². The van der Waals surface area contributed by atoms with E-state index < -0.39 is 0 Å². The van der Waals surface area contributed by atoms with Gasteiger partial charge in [0.15, 0.2) is 0 Å². The minimum Gasteiger partial charge on any atom is -0.493 e. The van der Waals surface area contributed by atoms with E-state index in [-0.39, 0.29) is 0 Å². The van der Waals surface area contributed by atoms with Crippen LogP contribution in [0.25, 0.3) is 0 Å². The summed E-state index contributed by atoms with van der Waals surface area (Å²) in [5, 5.41) is 0. The van der Waals surface area contributed by atoms with E-state index in [1.165, 1.54) is 0 Å². The lowest BCUT2D eigenvalue weighted by atomic mass is 10.2. The van der Waals surface area contributed by atoms with Crippen LogP contribution >= 0.6 is 23.4 Å². The molecule has 0 amide bonds. The molecule has 0 aliphatic carbocycles. The zero-order valence-corrected chi connectivity index (χ0v) is 9.90. The highest BCUT2D eigenvalue weighted by atomic mass is 35.5. The maximum Gasteiger partial charge on any atom is 0.119 e. The zero-order chi connectivity index (χ0) is 10.2. The van der Waals surface area contributed by atoms with Gasteiger partial charge in [-0.05, 0) is 23.4 Å². The molecule has 3 heteroatoms. The van der Waals surface area contributed by atoms with Crippen molar-refractivity contribution in [3.8, 4) is 5.75 Å². The molecule has 0 N–H and O–H groups in total. The molecule has 1 rings (SSSR count). The summed E-state index contributed by atoms with van der Waals surface area (Å²) in [7, 11) is 0. The van der Waals surface area contributed by atoms with Crippen molar-refractivity contribution >= 4 is 23.4 Å². The van der Waals surface area contributed by atoms with E-state index in [1.807, 2.05) is 36.0 Å². The molecular formula is C11H15ClOS. The number of hydrogen-bond acceptors (Lipinski definition) is 2. The standard InChI is InChI=1S/C11H15ClOS/c1-2-14-7-6-13-11-5-3-4-10(8-11)9-12/h3-5,8H,2,6-7,9H2,1H3. The van der Waals surface area contributed by atoms with Gasteiger partial charge in [0.25, 0.3) is 0 Å². The first kappa shape index (κ1) is 11.7. The van der Waals surface area contributed by atoms with Crippen LogP contribution in [0.5, 0.6) is 5.75 Å². The second-order valence-corrected chi connectivity index (χ2v) is 4.49. The van der Waals surface area contributed by atoms with Crippen molar-refractivity contribution in [3.05, 3.63) is 29.8 Å². The zero-order valence-electron chi connectivity index (χ0n) is 8.33. The average Bonchev–Trinajstić information content (AvgIpc) is 2.25. The Morgan fingerprint density at radius 2 is 2.29 bits per heavy atom. The van der Waals surface area contributed by atoms with E-state index in [4.69, 9.17) is 16.3 Å². The third-order valence-corrected chi connectivity index (χ3v) is 2.93. The Morgan fingerprint density at radius 3 is 3.00 bits per heavy atom. The fourth-order valence-corrected chi connectivity index (χ4v) is 1.74. The van der Waals surface area contributed by atoms with E-state index in [9.17, 15) is 0 Å². The van der Waals surface area contributed by atoms with Crippen LogP contribution in [0, 0.1) is 0 Å². The average molecular weight is 231 g/mol. The summed E-state index contributed by atoms with van der Waals surface area (Å²) in [4.78, 5) is 0. The molecule has 0 aliphatic heterocycles. The molecule has 0 atom stereocenters. The van der Waals surface area contributed by atoms with Gasteiger partial charge in [0.1, 0.15) is 5.75 Å². The summed E-state index contributed by atoms with van der Waals surface area (Å²) in [6.45, 7) is 2.92. The van der Waals surface area contributed by atoms with Gasteiger partial charge in [-0.15, -0.1) is 11.6 Å². The van der Waals surface area contributed by atoms with Gasteiger partial charge in [0.2, 0.25) is 0 Å². The normalized spacial score (nSPS) is 10.1. The topological polar surface area (TPSA) is 9.23 Å². The summed E-state index contributed by atoms with van der Waals surface area (Å²) < 4.78 is 5.57. The van der Waals surface area contributed by atoms with Gasteiger partial charge in [-0.25, -0.2) is 0 Å². The first-order valence-corrected chi connectivity index (χ1v) is 6.41. The second kappa shape index (κ2) is 7.02. The molecule has 14 heavy (non-hydrogen) atoms. The summed E-state index contributed by atoms with van der Waals surface area (Å²) in [6.07, 6.45) is 0. The number of ether oxygens (including phenoxy) is 1. The molecule has 1 aromatic rings. The third-order valence-electron chi connectivity index (χ3n) is 1.75. The van der Waals surface area contributed by atoms with Crippen molar-refractivity contribution in [2.45, 2.75) is 12.8 Å². The minimum atomic E-state index is 0.543. The highest BCUT2D eigenvalue weighted by Gasteiger charge is 1.95. The Bertz CT molecular complexity index is 265. The van der Waals surface area contributed by atoms with Crippen LogP contribution < -0.4 is 4.74 Å². The van der Waals surface area contributed by atoms with Crippen molar-refractivity contribution in [1.82, 2.24) is 0 Å². The van der Waals surface area contributed by atoms with Crippen molar-refractivity contribution in [2.24, 2.45) is 0 Å². The summed E-state index contributed by atoms with van der Waals surface area (Å²) in [6, 6.07) is 7.93. The molecule has 0 spiro atoms. The molecule has 0 saturated carbocycles. The Labute approximate surface area is 94.8 Å². The van der Waals surface area contributed by atoms with Gasteiger partial charge in [0, 0.05) is 11.6 Å². The maximum absolute atomic E-state index is 5.72. The molecule has 1 nitrogen and oxygen atoms in total. The fraction of sp³-hybridized carbons (Fsp3) is 0.455. The Kier molecular flexibility index (Phi) is 5.88. The molecule has 1 aromatic carbocycles. The predicted molar refractivity (Wildman–Crippen MR) is 64.5 cm³/mol. The lowest BCUT2D eigenvalue weighted by Crippen LogP contribution is -2.00. The Hall–Kier alpha value is -0.340. The lowest BCUT2D eigenvalue weighted by Gasteiger charge is -2.06. The van der Waals surface area contributed by atoms with Gasteiger partial charge < -0.3 is 4.74 Å². The van der Waals surface area contributed by atoms with Crippen LogP contribution in [0.15, 0.2) is 24.3 Å². The molecule has 78 valence electrons. The molecule has 0 saturated heterocycles. The summed E-state index contributed by atoms with van der Waals surface area (Å²) in [5.41, 5.74) is 1.10. The fourth-order valence-electron chi connectivity index (χ4n) is 1.08. The monoisotopic (exact) mass is 230 g/mol. The summed E-state index contributed by atoms with van der Waals surface area (Å²) in [5.74, 6) is 3.65. The molecule has 0 radical (unpaired) electrons. The molecule has 0 fully saturated rings. The van der Waals surface area contributed by atoms with E-state index in [0.29, 0.717) is 5.88 Å². The number of halogens is 1. The largest absolute Gasteiger partial charge is 0.493 e. The van der Waals surface area contributed by atoms with Crippen molar-refractivity contribution in [2.75, 3.05) is 18.1 Å². The van der Waals surface area contributed by atoms with Crippen molar-refractivity contribution < 1.29 is 4.74 Å². The quantitative estimate of drug-likeness (QED) is 0.546. The van der Waals surface area contributed by atoms with E-state index in [1.54, 1.807) is 0 Å². The van der Waals surface area contributed by atoms with E-state index in [2.05, 4.69) is 6.92 Å². The van der Waals surface area contributed by atoms with Crippen LogP contribution in [0.4, 0.5) is 0 Å². The second-order valence-electron chi connectivity index (χ2n) is 2.83. The lowest BCUT2D eigenvalue weighted by molar-refractivity contribution is 0.343. The van der Waals surface area contributed by atoms with E-state index in [0.717, 1.165) is 29.4 Å². The maximum atomic E-state index is 5.72. The Morgan fingerprint density at radius 1 is 1.43 bits per heavy atom.